The predicted molar refractivity (Wildman–Crippen MR) is 81.7 cm³/mol. The van der Waals surface area contributed by atoms with E-state index in [4.69, 9.17) is 27.4 Å². The average Bonchev–Trinajstić information content (AvgIpc) is 2.38. The number of ether oxygens (including phenoxy) is 2. The molecule has 0 aliphatic rings. The van der Waals surface area contributed by atoms with Crippen LogP contribution in [0.3, 0.4) is 0 Å². The number of benzene rings is 1. The summed E-state index contributed by atoms with van der Waals surface area (Å²) in [4.78, 5) is 2.55. The fourth-order valence-electron chi connectivity index (χ4n) is 1.79. The van der Waals surface area contributed by atoms with Crippen LogP contribution < -0.4 is 10.5 Å². The molecule has 2 N–H and O–H groups in total. The molecule has 0 amide bonds. The molecule has 1 aromatic carbocycles. The van der Waals surface area contributed by atoms with E-state index in [2.05, 4.69) is 11.9 Å². The molecule has 0 heterocycles. The largest absolute Gasteiger partial charge is 0.496 e. The van der Waals surface area contributed by atoms with E-state index in [0.29, 0.717) is 4.99 Å². The molecule has 0 unspecified atom stereocenters. The molecule has 0 bridgehead atoms. The van der Waals surface area contributed by atoms with Crippen molar-refractivity contribution in [3.8, 4) is 5.75 Å². The van der Waals surface area contributed by atoms with E-state index in [0.717, 1.165) is 43.2 Å². The number of nitrogens with zero attached hydrogens (tertiary/aromatic N) is 1. The Kier molecular flexibility index (Phi) is 6.77. The van der Waals surface area contributed by atoms with E-state index in [1.807, 2.05) is 25.1 Å². The van der Waals surface area contributed by atoms with Crippen LogP contribution >= 0.6 is 12.2 Å². The van der Waals surface area contributed by atoms with Gasteiger partial charge in [0.1, 0.15) is 10.7 Å². The second-order valence-electron chi connectivity index (χ2n) is 4.33. The molecule has 0 aromatic heterocycles. The van der Waals surface area contributed by atoms with E-state index in [1.165, 1.54) is 0 Å². The molecule has 106 valence electrons. The first-order valence-corrected chi connectivity index (χ1v) is 6.72. The highest BCUT2D eigenvalue weighted by atomic mass is 32.1. The lowest BCUT2D eigenvalue weighted by molar-refractivity contribution is 0.120. The van der Waals surface area contributed by atoms with Gasteiger partial charge >= 0.3 is 0 Å². The van der Waals surface area contributed by atoms with Gasteiger partial charge in [-0.05, 0) is 31.7 Å². The van der Waals surface area contributed by atoms with Crippen LogP contribution in [0.4, 0.5) is 0 Å². The minimum absolute atomic E-state index is 0.355. The van der Waals surface area contributed by atoms with Gasteiger partial charge in [-0.3, -0.25) is 4.90 Å². The lowest BCUT2D eigenvalue weighted by atomic mass is 10.1. The Bertz CT molecular complexity index is 424. The molecule has 19 heavy (non-hydrogen) atoms. The van der Waals surface area contributed by atoms with Gasteiger partial charge in [-0.25, -0.2) is 0 Å². The number of rotatable bonds is 8. The summed E-state index contributed by atoms with van der Waals surface area (Å²) in [5.74, 6) is 0.725. The fourth-order valence-corrected chi connectivity index (χ4v) is 1.96. The van der Waals surface area contributed by atoms with Crippen LogP contribution in [0.5, 0.6) is 5.75 Å². The van der Waals surface area contributed by atoms with Crippen LogP contribution in [-0.2, 0) is 11.3 Å². The van der Waals surface area contributed by atoms with Crippen LogP contribution in [0.15, 0.2) is 18.2 Å². The summed E-state index contributed by atoms with van der Waals surface area (Å²) >= 11 is 4.99. The molecule has 0 atom stereocenters. The summed E-state index contributed by atoms with van der Waals surface area (Å²) in [6.45, 7) is 5.23. The van der Waals surface area contributed by atoms with Crippen LogP contribution in [0.25, 0.3) is 0 Å². The number of hydrogen-bond donors (Lipinski definition) is 1. The average molecular weight is 282 g/mol. The zero-order valence-corrected chi connectivity index (χ0v) is 12.6. The van der Waals surface area contributed by atoms with Crippen molar-refractivity contribution in [3.05, 3.63) is 29.3 Å². The quantitative estimate of drug-likeness (QED) is 0.582. The summed E-state index contributed by atoms with van der Waals surface area (Å²) in [5, 5.41) is 0. The van der Waals surface area contributed by atoms with Gasteiger partial charge in [-0.15, -0.1) is 0 Å². The summed E-state index contributed by atoms with van der Waals surface area (Å²) in [7, 11) is 3.69. The minimum Gasteiger partial charge on any atom is -0.496 e. The highest BCUT2D eigenvalue weighted by Gasteiger charge is 2.08. The monoisotopic (exact) mass is 282 g/mol. The van der Waals surface area contributed by atoms with Crippen molar-refractivity contribution in [2.45, 2.75) is 13.5 Å². The Labute approximate surface area is 120 Å². The lowest BCUT2D eigenvalue weighted by Crippen LogP contribution is -2.23. The summed E-state index contributed by atoms with van der Waals surface area (Å²) in [6, 6.07) is 5.91. The van der Waals surface area contributed by atoms with Crippen molar-refractivity contribution in [1.82, 2.24) is 4.90 Å². The first-order chi connectivity index (χ1) is 9.08. The van der Waals surface area contributed by atoms with E-state index in [-0.39, 0.29) is 0 Å². The van der Waals surface area contributed by atoms with Gasteiger partial charge in [0.25, 0.3) is 0 Å². The van der Waals surface area contributed by atoms with Crippen molar-refractivity contribution in [1.29, 1.82) is 0 Å². The molecule has 0 radical (unpaired) electrons. The topological polar surface area (TPSA) is 47.7 Å². The maximum atomic E-state index is 5.65. The third-order valence-electron chi connectivity index (χ3n) is 2.81. The van der Waals surface area contributed by atoms with Gasteiger partial charge < -0.3 is 15.2 Å². The van der Waals surface area contributed by atoms with Crippen molar-refractivity contribution in [3.63, 3.8) is 0 Å². The third kappa shape index (κ3) is 5.14. The number of thiocarbonyl (C=S) groups is 1. The van der Waals surface area contributed by atoms with Crippen LogP contribution in [0.1, 0.15) is 18.1 Å². The molecular weight excluding hydrogens is 260 g/mol. The first-order valence-electron chi connectivity index (χ1n) is 6.31. The fraction of sp³-hybridized carbons (Fsp3) is 0.500. The van der Waals surface area contributed by atoms with Crippen molar-refractivity contribution < 1.29 is 9.47 Å². The van der Waals surface area contributed by atoms with Crippen LogP contribution in [0, 0.1) is 0 Å². The summed E-state index contributed by atoms with van der Waals surface area (Å²) in [6.07, 6.45) is 0. The maximum Gasteiger partial charge on any atom is 0.129 e. The third-order valence-corrected chi connectivity index (χ3v) is 3.03. The second kappa shape index (κ2) is 8.09. The summed E-state index contributed by atoms with van der Waals surface area (Å²) in [5.41, 5.74) is 7.59. The lowest BCUT2D eigenvalue weighted by Gasteiger charge is -2.17. The van der Waals surface area contributed by atoms with Gasteiger partial charge in [-0.1, -0.05) is 18.3 Å². The number of methoxy groups -OCH3 is 1. The van der Waals surface area contributed by atoms with Gasteiger partial charge in [0, 0.05) is 19.7 Å². The molecule has 1 rings (SSSR count). The van der Waals surface area contributed by atoms with Crippen LogP contribution in [-0.4, -0.2) is 43.8 Å². The number of likely N-dealkylation sites (N-methyl/N-ethyl adjacent to an activating group) is 1. The second-order valence-corrected chi connectivity index (χ2v) is 4.77. The Morgan fingerprint density at radius 3 is 2.74 bits per heavy atom. The molecule has 0 saturated carbocycles. The van der Waals surface area contributed by atoms with Crippen LogP contribution in [0.2, 0.25) is 0 Å². The normalized spacial score (nSPS) is 10.7. The zero-order chi connectivity index (χ0) is 14.3. The smallest absolute Gasteiger partial charge is 0.129 e. The predicted octanol–water partition coefficient (Wildman–Crippen LogP) is 1.80. The van der Waals surface area contributed by atoms with Gasteiger partial charge in [0.2, 0.25) is 0 Å². The molecule has 0 spiro atoms. The molecule has 0 fully saturated rings. The highest BCUT2D eigenvalue weighted by molar-refractivity contribution is 7.80. The molecule has 0 aliphatic carbocycles. The van der Waals surface area contributed by atoms with Gasteiger partial charge in [0.05, 0.1) is 19.3 Å². The van der Waals surface area contributed by atoms with Crippen molar-refractivity contribution in [2.24, 2.45) is 5.73 Å². The molecular formula is C14H22N2O2S. The van der Waals surface area contributed by atoms with E-state index in [1.54, 1.807) is 7.11 Å². The molecule has 4 nitrogen and oxygen atoms in total. The van der Waals surface area contributed by atoms with E-state index < -0.39 is 0 Å². The van der Waals surface area contributed by atoms with Crippen molar-refractivity contribution in [2.75, 3.05) is 33.9 Å². The number of hydrogen-bond acceptors (Lipinski definition) is 4. The Balaban J connectivity index is 2.66. The highest BCUT2D eigenvalue weighted by Crippen LogP contribution is 2.20. The molecule has 1 aromatic rings. The van der Waals surface area contributed by atoms with Gasteiger partial charge in [0.15, 0.2) is 0 Å². The Hall–Kier alpha value is -1.17. The molecule has 0 aliphatic heterocycles. The first kappa shape index (κ1) is 15.9. The SMILES string of the molecule is CCOCCN(C)Cc1ccc(C(N)=S)c(OC)c1. The van der Waals surface area contributed by atoms with E-state index >= 15 is 0 Å². The Morgan fingerprint density at radius 1 is 1.42 bits per heavy atom. The maximum absolute atomic E-state index is 5.65. The number of nitrogens with two attached hydrogens (primary N) is 1. The minimum atomic E-state index is 0.355. The molecule has 5 heteroatoms. The molecule has 0 saturated heterocycles. The Morgan fingerprint density at radius 2 is 2.16 bits per heavy atom. The van der Waals surface area contributed by atoms with Crippen molar-refractivity contribution >= 4 is 17.2 Å². The van der Waals surface area contributed by atoms with Gasteiger partial charge in [-0.2, -0.15) is 0 Å². The summed E-state index contributed by atoms with van der Waals surface area (Å²) < 4.78 is 10.7. The standard InChI is InChI=1S/C14H22N2O2S/c1-4-18-8-7-16(2)10-11-5-6-12(14(15)19)13(9-11)17-3/h5-6,9H,4,7-8,10H2,1-3H3,(H2,15,19). The zero-order valence-electron chi connectivity index (χ0n) is 11.8. The van der Waals surface area contributed by atoms with E-state index in [9.17, 15) is 0 Å².